The molecule has 10 heteroatoms. The van der Waals surface area contributed by atoms with Crippen LogP contribution in [-0.2, 0) is 17.1 Å². The maximum atomic E-state index is 12.1. The van der Waals surface area contributed by atoms with E-state index >= 15 is 0 Å². The highest BCUT2D eigenvalue weighted by Crippen LogP contribution is 2.21. The highest BCUT2D eigenvalue weighted by molar-refractivity contribution is 9.10. The molecule has 0 atom stereocenters. The molecule has 8 nitrogen and oxygen atoms in total. The zero-order valence-electron chi connectivity index (χ0n) is 8.97. The van der Waals surface area contributed by atoms with Crippen molar-refractivity contribution in [3.63, 3.8) is 0 Å². The number of hydrogen-bond acceptors (Lipinski definition) is 5. The number of aromatic amines is 1. The van der Waals surface area contributed by atoms with Crippen LogP contribution in [0.3, 0.4) is 0 Å². The second kappa shape index (κ2) is 4.11. The molecule has 0 saturated carbocycles. The lowest BCUT2D eigenvalue weighted by Crippen LogP contribution is -2.17. The van der Waals surface area contributed by atoms with Crippen molar-refractivity contribution in [3.8, 4) is 0 Å². The molecular formula is C7H9BrN6O2S. The maximum Gasteiger partial charge on any atom is 0.283 e. The Hall–Kier alpha value is -1.42. The molecule has 17 heavy (non-hydrogen) atoms. The first-order chi connectivity index (χ1) is 7.92. The van der Waals surface area contributed by atoms with Gasteiger partial charge in [0.1, 0.15) is 5.82 Å². The number of nitrogens with zero attached hydrogens (tertiary/aromatic N) is 4. The molecule has 0 aliphatic carbocycles. The summed E-state index contributed by atoms with van der Waals surface area (Å²) in [5, 5.41) is 13.5. The molecule has 0 aliphatic rings. The number of sulfonamides is 1. The van der Waals surface area contributed by atoms with Gasteiger partial charge in [-0.3, -0.25) is 9.82 Å². The molecule has 0 radical (unpaired) electrons. The van der Waals surface area contributed by atoms with Crippen molar-refractivity contribution in [1.82, 2.24) is 25.2 Å². The van der Waals surface area contributed by atoms with Gasteiger partial charge in [0, 0.05) is 12.6 Å². The van der Waals surface area contributed by atoms with Crippen molar-refractivity contribution in [2.75, 3.05) is 4.72 Å². The second-order valence-corrected chi connectivity index (χ2v) is 5.69. The van der Waals surface area contributed by atoms with Gasteiger partial charge in [-0.15, -0.1) is 5.10 Å². The first-order valence-electron chi connectivity index (χ1n) is 4.50. The summed E-state index contributed by atoms with van der Waals surface area (Å²) in [7, 11) is -2.26. The molecule has 0 amide bonds. The molecule has 0 aliphatic heterocycles. The van der Waals surface area contributed by atoms with E-state index in [4.69, 9.17) is 0 Å². The predicted molar refractivity (Wildman–Crippen MR) is 62.8 cm³/mol. The smallest absolute Gasteiger partial charge is 0.262 e. The summed E-state index contributed by atoms with van der Waals surface area (Å²) in [5.41, 5.74) is 0.694. The zero-order valence-corrected chi connectivity index (χ0v) is 11.4. The van der Waals surface area contributed by atoms with Crippen LogP contribution in [0, 0.1) is 6.92 Å². The molecule has 2 aromatic heterocycles. The minimum Gasteiger partial charge on any atom is -0.262 e. The van der Waals surface area contributed by atoms with Crippen LogP contribution in [0.1, 0.15) is 5.56 Å². The van der Waals surface area contributed by atoms with Crippen molar-refractivity contribution < 1.29 is 8.42 Å². The van der Waals surface area contributed by atoms with Crippen LogP contribution in [0.25, 0.3) is 0 Å². The third kappa shape index (κ3) is 2.17. The average Bonchev–Trinajstić information content (AvgIpc) is 2.74. The number of nitrogens with one attached hydrogen (secondary N) is 2. The average molecular weight is 321 g/mol. The number of rotatable bonds is 3. The van der Waals surface area contributed by atoms with E-state index in [0.717, 1.165) is 4.68 Å². The minimum atomic E-state index is -3.75. The molecule has 0 spiro atoms. The summed E-state index contributed by atoms with van der Waals surface area (Å²) >= 11 is 3.04. The maximum absolute atomic E-state index is 12.1. The summed E-state index contributed by atoms with van der Waals surface area (Å²) in [6, 6.07) is 0. The Morgan fingerprint density at radius 2 is 2.24 bits per heavy atom. The van der Waals surface area contributed by atoms with E-state index in [2.05, 4.69) is 41.2 Å². The van der Waals surface area contributed by atoms with Gasteiger partial charge in [0.15, 0.2) is 4.60 Å². The molecule has 92 valence electrons. The first-order valence-corrected chi connectivity index (χ1v) is 6.77. The molecule has 0 aromatic carbocycles. The van der Waals surface area contributed by atoms with E-state index in [1.165, 1.54) is 13.2 Å². The Kier molecular flexibility index (Phi) is 2.91. The van der Waals surface area contributed by atoms with Gasteiger partial charge in [0.25, 0.3) is 10.0 Å². The summed E-state index contributed by atoms with van der Waals surface area (Å²) in [5.74, 6) is 0.318. The number of aromatic nitrogens is 5. The summed E-state index contributed by atoms with van der Waals surface area (Å²) < 4.78 is 27.8. The van der Waals surface area contributed by atoms with Crippen LogP contribution in [0.15, 0.2) is 15.8 Å². The number of aryl methyl sites for hydroxylation is 2. The number of anilines is 1. The summed E-state index contributed by atoms with van der Waals surface area (Å²) in [4.78, 5) is 0. The highest BCUT2D eigenvalue weighted by Gasteiger charge is 2.24. The highest BCUT2D eigenvalue weighted by atomic mass is 79.9. The van der Waals surface area contributed by atoms with E-state index < -0.39 is 10.0 Å². The largest absolute Gasteiger partial charge is 0.283 e. The fourth-order valence-electron chi connectivity index (χ4n) is 1.24. The van der Waals surface area contributed by atoms with Crippen LogP contribution >= 0.6 is 15.9 Å². The molecule has 2 aromatic rings. The van der Waals surface area contributed by atoms with Crippen molar-refractivity contribution in [2.24, 2.45) is 7.05 Å². The van der Waals surface area contributed by atoms with Gasteiger partial charge >= 0.3 is 0 Å². The van der Waals surface area contributed by atoms with Gasteiger partial charge in [-0.1, -0.05) is 5.21 Å². The van der Waals surface area contributed by atoms with E-state index in [9.17, 15) is 8.42 Å². The fraction of sp³-hybridized carbons (Fsp3) is 0.286. The first kappa shape index (κ1) is 12.0. The molecule has 0 saturated heterocycles. The minimum absolute atomic E-state index is 0.0495. The van der Waals surface area contributed by atoms with Gasteiger partial charge in [-0.25, -0.2) is 4.68 Å². The van der Waals surface area contributed by atoms with Crippen molar-refractivity contribution >= 4 is 31.8 Å². The van der Waals surface area contributed by atoms with Crippen LogP contribution in [0.4, 0.5) is 5.82 Å². The lowest BCUT2D eigenvalue weighted by Gasteiger charge is -2.06. The van der Waals surface area contributed by atoms with Crippen LogP contribution in [-0.4, -0.2) is 33.6 Å². The predicted octanol–water partition coefficient (Wildman–Crippen LogP) is 0.410. The van der Waals surface area contributed by atoms with E-state index in [1.54, 1.807) is 6.92 Å². The zero-order chi connectivity index (χ0) is 12.6. The van der Waals surface area contributed by atoms with Crippen molar-refractivity contribution in [3.05, 3.63) is 16.4 Å². The standard InChI is InChI=1S/C7H9BrN6O2S/c1-4-3-9-11-6(4)12-17(15,16)7-5(8)10-13-14(7)2/h3H,1-2H3,(H2,9,11,12). The second-order valence-electron chi connectivity index (χ2n) is 3.34. The third-order valence-electron chi connectivity index (χ3n) is 2.06. The summed E-state index contributed by atoms with van der Waals surface area (Å²) in [6.45, 7) is 1.73. The van der Waals surface area contributed by atoms with Gasteiger partial charge < -0.3 is 0 Å². The fourth-order valence-corrected chi connectivity index (χ4v) is 3.43. The number of hydrogen-bond donors (Lipinski definition) is 2. The lowest BCUT2D eigenvalue weighted by molar-refractivity contribution is 0.578. The Balaban J connectivity index is 2.42. The third-order valence-corrected chi connectivity index (χ3v) is 4.29. The molecule has 2 rings (SSSR count). The van der Waals surface area contributed by atoms with Gasteiger partial charge in [0.05, 0.1) is 6.20 Å². The van der Waals surface area contributed by atoms with Crippen LogP contribution in [0.5, 0.6) is 0 Å². The molecular weight excluding hydrogens is 312 g/mol. The van der Waals surface area contributed by atoms with Gasteiger partial charge in [0.2, 0.25) is 5.03 Å². The molecule has 2 heterocycles. The monoisotopic (exact) mass is 320 g/mol. The van der Waals surface area contributed by atoms with E-state index in [0.29, 0.717) is 11.4 Å². The SMILES string of the molecule is Cc1cn[nH]c1NS(=O)(=O)c1c(Br)nnn1C. The molecule has 0 fully saturated rings. The van der Waals surface area contributed by atoms with Crippen molar-refractivity contribution in [1.29, 1.82) is 0 Å². The summed E-state index contributed by atoms with van der Waals surface area (Å²) in [6.07, 6.45) is 1.52. The normalized spacial score (nSPS) is 11.7. The Labute approximate surface area is 106 Å². The van der Waals surface area contributed by atoms with E-state index in [1.807, 2.05) is 0 Å². The Morgan fingerprint density at radius 3 is 2.71 bits per heavy atom. The molecule has 2 N–H and O–H groups in total. The van der Waals surface area contributed by atoms with Crippen LogP contribution in [0.2, 0.25) is 0 Å². The van der Waals surface area contributed by atoms with Gasteiger partial charge in [-0.05, 0) is 22.9 Å². The Bertz CT molecular complexity index is 626. The van der Waals surface area contributed by atoms with Crippen LogP contribution < -0.4 is 4.72 Å². The number of H-pyrrole nitrogens is 1. The lowest BCUT2D eigenvalue weighted by atomic mass is 10.4. The number of halogens is 1. The van der Waals surface area contributed by atoms with E-state index in [-0.39, 0.29) is 9.63 Å². The Morgan fingerprint density at radius 1 is 1.53 bits per heavy atom. The quantitative estimate of drug-likeness (QED) is 0.852. The van der Waals surface area contributed by atoms with Crippen molar-refractivity contribution in [2.45, 2.75) is 11.9 Å². The molecule has 0 unspecified atom stereocenters. The topological polar surface area (TPSA) is 106 Å². The molecule has 0 bridgehead atoms. The van der Waals surface area contributed by atoms with Gasteiger partial charge in [-0.2, -0.15) is 13.5 Å².